The van der Waals surface area contributed by atoms with E-state index in [0.717, 1.165) is 0 Å². The third kappa shape index (κ3) is 9.18. The molecule has 1 aliphatic rings. The van der Waals surface area contributed by atoms with E-state index in [0.29, 0.717) is 41.8 Å². The van der Waals surface area contributed by atoms with Gasteiger partial charge in [0.1, 0.15) is 22.5 Å². The summed E-state index contributed by atoms with van der Waals surface area (Å²) < 4.78 is 37.2. The van der Waals surface area contributed by atoms with Crippen molar-refractivity contribution in [2.75, 3.05) is 38.3 Å². The Bertz CT molecular complexity index is 1220. The van der Waals surface area contributed by atoms with Crippen LogP contribution in [0.4, 0.5) is 5.13 Å². The van der Waals surface area contributed by atoms with Crippen molar-refractivity contribution in [2.24, 2.45) is 11.8 Å². The molecule has 16 heteroatoms. The van der Waals surface area contributed by atoms with Crippen molar-refractivity contribution in [3.8, 4) is 0 Å². The Morgan fingerprint density at radius 1 is 1.19 bits per heavy atom. The van der Waals surface area contributed by atoms with E-state index in [-0.39, 0.29) is 54.9 Å². The minimum Gasteiger partial charge on any atom is -0.383 e. The van der Waals surface area contributed by atoms with E-state index in [1.165, 1.54) is 15.9 Å². The second kappa shape index (κ2) is 14.9. The van der Waals surface area contributed by atoms with Gasteiger partial charge in [-0.2, -0.15) is 0 Å². The molecule has 0 saturated carbocycles. The van der Waals surface area contributed by atoms with Crippen LogP contribution in [0.5, 0.6) is 0 Å². The van der Waals surface area contributed by atoms with Crippen LogP contribution in [0.15, 0.2) is 0 Å². The molecule has 0 radical (unpaired) electrons. The first-order valence-corrected chi connectivity index (χ1v) is 16.8. The fourth-order valence-corrected chi connectivity index (χ4v) is 6.67. The fourth-order valence-electron chi connectivity index (χ4n) is 4.04. The Morgan fingerprint density at radius 3 is 2.36 bits per heavy atom. The molecule has 2 aromatic heterocycles. The maximum absolute atomic E-state index is 13.5. The molecule has 1 saturated heterocycles. The topological polar surface area (TPSA) is 150 Å². The number of hydrogen-bond donors (Lipinski definition) is 2. The van der Waals surface area contributed by atoms with Gasteiger partial charge in [-0.1, -0.05) is 57.6 Å². The van der Waals surface area contributed by atoms with E-state index < -0.39 is 19.3 Å². The zero-order chi connectivity index (χ0) is 31.2. The summed E-state index contributed by atoms with van der Waals surface area (Å²) in [6.45, 7) is 14.0. The number of carbonyl (C=O) groups is 1. The molecule has 0 spiro atoms. The summed E-state index contributed by atoms with van der Waals surface area (Å²) in [7, 11) is -2.36. The fraction of sp³-hybridized carbons (Fsp3) is 0.769. The van der Waals surface area contributed by atoms with Gasteiger partial charge >= 0.3 is 7.82 Å². The molecular formula is C26H44ClN6O7PS. The predicted molar refractivity (Wildman–Crippen MR) is 161 cm³/mol. The SMILES string of the molecule is CCc1nc(C(=O)N[C@@H]2CCN(c3nnc(C(C)(C)O)s3)C[C@@H]2OC)n(COP(=O)(OCC(C)C)OCC(C)C)c1Cl. The van der Waals surface area contributed by atoms with Gasteiger partial charge < -0.3 is 20.1 Å². The lowest BCUT2D eigenvalue weighted by molar-refractivity contribution is 0.0526. The minimum atomic E-state index is -3.95. The van der Waals surface area contributed by atoms with E-state index >= 15 is 0 Å². The van der Waals surface area contributed by atoms with Crippen molar-refractivity contribution in [1.82, 2.24) is 25.1 Å². The standard InChI is InChI=1S/C26H44ClN6O7PS/c1-9-18-21(27)33(15-40-41(36,38-13-16(2)3)39-14-17(4)5)22(28-18)23(34)29-19-10-11-32(12-20(19)37-8)25-31-30-24(42-25)26(6,7)35/h16-17,19-20,35H,9-15H2,1-8H3,(H,29,34)/t19-,20+/m1/s1. The second-order valence-electron chi connectivity index (χ2n) is 11.6. The Hall–Kier alpha value is -1.64. The van der Waals surface area contributed by atoms with Crippen LogP contribution in [0.2, 0.25) is 5.15 Å². The number of nitrogens with one attached hydrogen (secondary N) is 1. The molecule has 3 heterocycles. The number of aromatic nitrogens is 4. The molecule has 42 heavy (non-hydrogen) atoms. The summed E-state index contributed by atoms with van der Waals surface area (Å²) in [4.78, 5) is 20.0. The lowest BCUT2D eigenvalue weighted by Crippen LogP contribution is -2.55. The van der Waals surface area contributed by atoms with Crippen molar-refractivity contribution in [2.45, 2.75) is 85.8 Å². The summed E-state index contributed by atoms with van der Waals surface area (Å²) in [6, 6.07) is -0.329. The number of piperidine rings is 1. The Labute approximate surface area is 256 Å². The average Bonchev–Trinajstić information content (AvgIpc) is 3.55. The smallest absolute Gasteiger partial charge is 0.383 e. The number of halogens is 1. The normalized spacial score (nSPS) is 18.3. The third-order valence-corrected chi connectivity index (χ3v) is 9.45. The van der Waals surface area contributed by atoms with Gasteiger partial charge in [0.2, 0.25) is 11.0 Å². The molecule has 1 amide bonds. The molecule has 13 nitrogen and oxygen atoms in total. The molecule has 1 aliphatic heterocycles. The molecule has 0 aromatic carbocycles. The number of amides is 1. The van der Waals surface area contributed by atoms with Gasteiger partial charge in [0, 0.05) is 20.2 Å². The van der Waals surface area contributed by atoms with Gasteiger partial charge in [-0.15, -0.1) is 10.2 Å². The van der Waals surface area contributed by atoms with Gasteiger partial charge in [0.05, 0.1) is 31.1 Å². The zero-order valence-electron chi connectivity index (χ0n) is 25.6. The van der Waals surface area contributed by atoms with Gasteiger partial charge in [0.25, 0.3) is 5.91 Å². The van der Waals surface area contributed by atoms with Gasteiger partial charge in [-0.25, -0.2) is 9.55 Å². The molecular weight excluding hydrogens is 607 g/mol. The molecule has 0 aliphatic carbocycles. The number of carbonyl (C=O) groups excluding carboxylic acids is 1. The molecule has 1 fully saturated rings. The van der Waals surface area contributed by atoms with Crippen LogP contribution in [0.1, 0.15) is 76.2 Å². The number of ether oxygens (including phenoxy) is 1. The number of methoxy groups -OCH3 is 1. The average molecular weight is 651 g/mol. The number of phosphoric acid groups is 1. The monoisotopic (exact) mass is 650 g/mol. The quantitative estimate of drug-likeness (QED) is 0.260. The lowest BCUT2D eigenvalue weighted by atomic mass is 10.0. The maximum atomic E-state index is 13.5. The van der Waals surface area contributed by atoms with Crippen LogP contribution in [-0.4, -0.2) is 76.3 Å². The first-order chi connectivity index (χ1) is 19.7. The van der Waals surface area contributed by atoms with E-state index in [9.17, 15) is 14.5 Å². The number of rotatable bonds is 15. The van der Waals surface area contributed by atoms with Gasteiger partial charge in [0.15, 0.2) is 0 Å². The number of hydrogen-bond acceptors (Lipinski definition) is 12. The second-order valence-corrected chi connectivity index (χ2v) is 14.6. The number of nitrogens with zero attached hydrogens (tertiary/aromatic N) is 5. The maximum Gasteiger partial charge on any atom is 0.476 e. The molecule has 0 bridgehead atoms. The van der Waals surface area contributed by atoms with Crippen LogP contribution < -0.4 is 10.2 Å². The molecule has 2 N–H and O–H groups in total. The number of anilines is 1. The van der Waals surface area contributed by atoms with Crippen molar-refractivity contribution in [1.29, 1.82) is 0 Å². The summed E-state index contributed by atoms with van der Waals surface area (Å²) >= 11 is 7.91. The molecule has 2 aromatic rings. The Morgan fingerprint density at radius 2 is 1.83 bits per heavy atom. The highest BCUT2D eigenvalue weighted by molar-refractivity contribution is 7.48. The summed E-state index contributed by atoms with van der Waals surface area (Å²) in [5, 5.41) is 23.0. The highest BCUT2D eigenvalue weighted by Crippen LogP contribution is 2.50. The molecule has 238 valence electrons. The first-order valence-electron chi connectivity index (χ1n) is 14.1. The summed E-state index contributed by atoms with van der Waals surface area (Å²) in [5.41, 5.74) is -0.578. The van der Waals surface area contributed by atoms with Crippen molar-refractivity contribution in [3.63, 3.8) is 0 Å². The van der Waals surface area contributed by atoms with Crippen LogP contribution in [0.3, 0.4) is 0 Å². The number of imidazole rings is 1. The van der Waals surface area contributed by atoms with Crippen LogP contribution in [-0.2, 0) is 41.6 Å². The van der Waals surface area contributed by atoms with E-state index in [2.05, 4.69) is 20.5 Å². The van der Waals surface area contributed by atoms with Crippen molar-refractivity contribution >= 4 is 41.8 Å². The van der Waals surface area contributed by atoms with E-state index in [1.54, 1.807) is 21.0 Å². The highest BCUT2D eigenvalue weighted by Gasteiger charge is 2.35. The van der Waals surface area contributed by atoms with Gasteiger partial charge in [-0.05, 0) is 38.5 Å². The summed E-state index contributed by atoms with van der Waals surface area (Å²) in [5.74, 6) is -0.246. The minimum absolute atomic E-state index is 0.0207. The molecule has 0 unspecified atom stereocenters. The summed E-state index contributed by atoms with van der Waals surface area (Å²) in [6.07, 6.45) is 0.687. The predicted octanol–water partition coefficient (Wildman–Crippen LogP) is 4.63. The van der Waals surface area contributed by atoms with Crippen LogP contribution in [0.25, 0.3) is 0 Å². The van der Waals surface area contributed by atoms with E-state index in [4.69, 9.17) is 29.9 Å². The largest absolute Gasteiger partial charge is 0.476 e. The number of aliphatic hydroxyl groups is 1. The van der Waals surface area contributed by atoms with Gasteiger partial charge in [-0.3, -0.25) is 22.9 Å². The Kier molecular flexibility index (Phi) is 12.4. The van der Waals surface area contributed by atoms with E-state index in [1.807, 2.05) is 39.5 Å². The van der Waals surface area contributed by atoms with Crippen molar-refractivity contribution < 1.29 is 32.8 Å². The molecule has 3 rings (SSSR count). The zero-order valence-corrected chi connectivity index (χ0v) is 28.1. The highest BCUT2D eigenvalue weighted by atomic mass is 35.5. The molecule has 2 atom stereocenters. The number of aryl methyl sites for hydroxylation is 1. The third-order valence-electron chi connectivity index (χ3n) is 6.37. The van der Waals surface area contributed by atoms with Crippen LogP contribution >= 0.6 is 30.8 Å². The number of phosphoric ester groups is 1. The van der Waals surface area contributed by atoms with Crippen molar-refractivity contribution in [3.05, 3.63) is 21.7 Å². The van der Waals surface area contributed by atoms with Crippen LogP contribution in [0, 0.1) is 11.8 Å². The first kappa shape index (κ1) is 34.8. The lowest BCUT2D eigenvalue weighted by Gasteiger charge is -2.37. The Balaban J connectivity index is 1.74.